The average molecular weight is 158 g/mol. The van der Waals surface area contributed by atoms with E-state index in [2.05, 4.69) is 0 Å². The van der Waals surface area contributed by atoms with Crippen molar-refractivity contribution < 1.29 is 9.59 Å². The third kappa shape index (κ3) is 2.35. The summed E-state index contributed by atoms with van der Waals surface area (Å²) in [5, 5.41) is 0. The second-order valence-electron chi connectivity index (χ2n) is 2.26. The highest BCUT2D eigenvalue weighted by atomic mass is 32.1. The first-order valence-corrected chi connectivity index (χ1v) is 3.39. The summed E-state index contributed by atoms with van der Waals surface area (Å²) in [5.74, 6) is -0.991. The van der Waals surface area contributed by atoms with E-state index in [0.717, 1.165) is 0 Å². The first-order valence-electron chi connectivity index (χ1n) is 2.98. The highest BCUT2D eigenvalue weighted by molar-refractivity contribution is 7.80. The summed E-state index contributed by atoms with van der Waals surface area (Å²) in [4.78, 5) is 21.9. The SMILES string of the molecule is CC(=O)C(C(C)=O)C(C)=S. The second kappa shape index (κ2) is 3.56. The number of thiocarbonyl (C=S) groups is 1. The minimum absolute atomic E-state index is 0.167. The predicted molar refractivity (Wildman–Crippen MR) is 43.1 cm³/mol. The number of Topliss-reactive ketones (excluding diaryl/α,β-unsaturated/α-hetero) is 2. The molecule has 0 fully saturated rings. The van der Waals surface area contributed by atoms with Crippen molar-refractivity contribution in [2.24, 2.45) is 5.92 Å². The summed E-state index contributed by atoms with van der Waals surface area (Å²) < 4.78 is 0. The van der Waals surface area contributed by atoms with Crippen molar-refractivity contribution in [3.05, 3.63) is 0 Å². The molecule has 0 aliphatic heterocycles. The van der Waals surface area contributed by atoms with Crippen molar-refractivity contribution in [3.63, 3.8) is 0 Å². The van der Waals surface area contributed by atoms with Crippen LogP contribution in [0.3, 0.4) is 0 Å². The number of rotatable bonds is 3. The summed E-state index contributed by atoms with van der Waals surface area (Å²) in [6.45, 7) is 4.37. The number of hydrogen-bond acceptors (Lipinski definition) is 3. The molecule has 0 bridgehead atoms. The summed E-state index contributed by atoms with van der Waals surface area (Å²) >= 11 is 4.73. The van der Waals surface area contributed by atoms with E-state index in [0.29, 0.717) is 4.86 Å². The lowest BCUT2D eigenvalue weighted by atomic mass is 9.98. The minimum Gasteiger partial charge on any atom is -0.299 e. The van der Waals surface area contributed by atoms with Gasteiger partial charge in [-0.1, -0.05) is 12.2 Å². The highest BCUT2D eigenvalue weighted by Crippen LogP contribution is 2.02. The third-order valence-corrected chi connectivity index (χ3v) is 1.46. The van der Waals surface area contributed by atoms with E-state index in [9.17, 15) is 9.59 Å². The van der Waals surface area contributed by atoms with Crippen LogP contribution in [0, 0.1) is 5.92 Å². The fourth-order valence-electron chi connectivity index (χ4n) is 0.859. The zero-order valence-electron chi connectivity index (χ0n) is 6.30. The quantitative estimate of drug-likeness (QED) is 0.456. The van der Waals surface area contributed by atoms with Gasteiger partial charge in [0.25, 0.3) is 0 Å². The largest absolute Gasteiger partial charge is 0.299 e. The normalized spacial score (nSPS) is 9.60. The van der Waals surface area contributed by atoms with Gasteiger partial charge in [0.05, 0.1) is 0 Å². The average Bonchev–Trinajstić information content (AvgIpc) is 1.59. The Morgan fingerprint density at radius 3 is 1.40 bits per heavy atom. The van der Waals surface area contributed by atoms with Crippen LogP contribution in [0.4, 0.5) is 0 Å². The molecule has 0 aromatic rings. The molecular weight excluding hydrogens is 148 g/mol. The molecule has 10 heavy (non-hydrogen) atoms. The Morgan fingerprint density at radius 2 is 1.40 bits per heavy atom. The van der Waals surface area contributed by atoms with Gasteiger partial charge in [-0.3, -0.25) is 9.59 Å². The molecule has 0 spiro atoms. The number of ketones is 2. The van der Waals surface area contributed by atoms with Gasteiger partial charge in [0, 0.05) is 4.86 Å². The van der Waals surface area contributed by atoms with E-state index in [-0.39, 0.29) is 11.6 Å². The third-order valence-electron chi connectivity index (χ3n) is 1.22. The Balaban J connectivity index is 4.43. The summed E-state index contributed by atoms with van der Waals surface area (Å²) in [6, 6.07) is 0. The van der Waals surface area contributed by atoms with Gasteiger partial charge < -0.3 is 0 Å². The first-order chi connectivity index (χ1) is 4.46. The maximum absolute atomic E-state index is 10.7. The van der Waals surface area contributed by atoms with Crippen LogP contribution in [-0.4, -0.2) is 16.4 Å². The molecule has 0 atom stereocenters. The van der Waals surface area contributed by atoms with Crippen LogP contribution < -0.4 is 0 Å². The molecule has 0 aliphatic carbocycles. The van der Waals surface area contributed by atoms with Gasteiger partial charge >= 0.3 is 0 Å². The molecule has 0 saturated heterocycles. The fraction of sp³-hybridized carbons (Fsp3) is 0.571. The van der Waals surface area contributed by atoms with Crippen LogP contribution in [0.15, 0.2) is 0 Å². The molecule has 2 nitrogen and oxygen atoms in total. The van der Waals surface area contributed by atoms with Crippen molar-refractivity contribution in [2.75, 3.05) is 0 Å². The maximum atomic E-state index is 10.7. The van der Waals surface area contributed by atoms with Crippen LogP contribution in [-0.2, 0) is 9.59 Å². The standard InChI is InChI=1S/C7H10O2S/c1-4(8)7(5(2)9)6(3)10/h7H,1-3H3. The van der Waals surface area contributed by atoms with Gasteiger partial charge in [-0.2, -0.15) is 0 Å². The smallest absolute Gasteiger partial charge is 0.145 e. The zero-order valence-corrected chi connectivity index (χ0v) is 7.12. The highest BCUT2D eigenvalue weighted by Gasteiger charge is 2.20. The van der Waals surface area contributed by atoms with Gasteiger partial charge in [0.1, 0.15) is 17.5 Å². The van der Waals surface area contributed by atoms with Crippen molar-refractivity contribution in [3.8, 4) is 0 Å². The van der Waals surface area contributed by atoms with Crippen LogP contribution in [0.5, 0.6) is 0 Å². The molecule has 0 rings (SSSR count). The Kier molecular flexibility index (Phi) is 3.36. The predicted octanol–water partition coefficient (Wildman–Crippen LogP) is 1.17. The zero-order chi connectivity index (χ0) is 8.31. The fourth-order valence-corrected chi connectivity index (χ4v) is 1.19. The van der Waals surface area contributed by atoms with Crippen LogP contribution in [0.2, 0.25) is 0 Å². The lowest BCUT2D eigenvalue weighted by molar-refractivity contribution is -0.127. The molecule has 3 heteroatoms. The van der Waals surface area contributed by atoms with E-state index in [4.69, 9.17) is 12.2 Å². The van der Waals surface area contributed by atoms with Crippen LogP contribution >= 0.6 is 12.2 Å². The summed E-state index contributed by atoms with van der Waals surface area (Å²) in [7, 11) is 0. The lowest BCUT2D eigenvalue weighted by Gasteiger charge is -2.05. The molecule has 0 radical (unpaired) electrons. The van der Waals surface area contributed by atoms with Gasteiger partial charge in [-0.25, -0.2) is 0 Å². The number of carbonyl (C=O) groups is 2. The van der Waals surface area contributed by atoms with Gasteiger partial charge in [0.15, 0.2) is 0 Å². The van der Waals surface area contributed by atoms with E-state index >= 15 is 0 Å². The summed E-state index contributed by atoms with van der Waals surface area (Å²) in [6.07, 6.45) is 0. The second-order valence-corrected chi connectivity index (χ2v) is 2.91. The topological polar surface area (TPSA) is 34.1 Å². The number of carbonyl (C=O) groups excluding carboxylic acids is 2. The van der Waals surface area contributed by atoms with E-state index < -0.39 is 5.92 Å². The van der Waals surface area contributed by atoms with E-state index in [1.807, 2.05) is 0 Å². The molecule has 0 aromatic heterocycles. The van der Waals surface area contributed by atoms with Crippen molar-refractivity contribution in [2.45, 2.75) is 20.8 Å². The maximum Gasteiger partial charge on any atom is 0.145 e. The Morgan fingerprint density at radius 1 is 1.10 bits per heavy atom. The molecular formula is C7H10O2S. The van der Waals surface area contributed by atoms with Crippen molar-refractivity contribution in [1.82, 2.24) is 0 Å². The van der Waals surface area contributed by atoms with Crippen molar-refractivity contribution in [1.29, 1.82) is 0 Å². The Hall–Kier alpha value is -0.570. The van der Waals surface area contributed by atoms with Crippen LogP contribution in [0.25, 0.3) is 0 Å². The molecule has 0 unspecified atom stereocenters. The molecule has 0 N–H and O–H groups in total. The van der Waals surface area contributed by atoms with Gasteiger partial charge in [-0.15, -0.1) is 0 Å². The van der Waals surface area contributed by atoms with Gasteiger partial charge in [0.2, 0.25) is 0 Å². The van der Waals surface area contributed by atoms with Crippen molar-refractivity contribution >= 4 is 28.6 Å². The molecule has 0 heterocycles. The van der Waals surface area contributed by atoms with Crippen LogP contribution in [0.1, 0.15) is 20.8 Å². The monoisotopic (exact) mass is 158 g/mol. The summed E-state index contributed by atoms with van der Waals surface area (Å²) in [5.41, 5.74) is 0. The van der Waals surface area contributed by atoms with Gasteiger partial charge in [-0.05, 0) is 20.8 Å². The Bertz CT molecular complexity index is 151. The molecule has 0 aromatic carbocycles. The first kappa shape index (κ1) is 9.43. The minimum atomic E-state index is -0.657. The molecule has 0 aliphatic rings. The molecule has 56 valence electrons. The Labute approximate surface area is 65.6 Å². The van der Waals surface area contributed by atoms with E-state index in [1.165, 1.54) is 13.8 Å². The lowest BCUT2D eigenvalue weighted by Crippen LogP contribution is -2.25. The van der Waals surface area contributed by atoms with E-state index in [1.54, 1.807) is 6.92 Å². The molecule has 0 amide bonds. The number of hydrogen-bond donors (Lipinski definition) is 0. The molecule has 0 saturated carbocycles.